The maximum atomic E-state index is 12.8. The lowest BCUT2D eigenvalue weighted by Gasteiger charge is -2.21. The molecule has 0 fully saturated rings. The van der Waals surface area contributed by atoms with E-state index >= 15 is 0 Å². The number of sulfonamides is 1. The SMILES string of the molecule is CCN(Cc1ccncc1)S(=O)(=O)c1cc(N)ccc1C. The van der Waals surface area contributed by atoms with E-state index in [0.29, 0.717) is 24.3 Å². The van der Waals surface area contributed by atoms with Crippen LogP contribution in [0.5, 0.6) is 0 Å². The van der Waals surface area contributed by atoms with Crippen LogP contribution in [0.3, 0.4) is 0 Å². The molecule has 2 rings (SSSR count). The van der Waals surface area contributed by atoms with Crippen molar-refractivity contribution in [3.05, 3.63) is 53.9 Å². The van der Waals surface area contributed by atoms with Gasteiger partial charge in [-0.1, -0.05) is 13.0 Å². The Bertz CT molecular complexity index is 715. The molecule has 112 valence electrons. The van der Waals surface area contributed by atoms with Crippen molar-refractivity contribution in [2.45, 2.75) is 25.3 Å². The number of aryl methyl sites for hydroxylation is 1. The van der Waals surface area contributed by atoms with Gasteiger partial charge in [0.05, 0.1) is 4.90 Å². The molecule has 0 aliphatic heterocycles. The molecule has 1 aromatic carbocycles. The summed E-state index contributed by atoms with van der Waals surface area (Å²) in [5, 5.41) is 0. The average molecular weight is 305 g/mol. The number of hydrogen-bond donors (Lipinski definition) is 1. The van der Waals surface area contributed by atoms with Crippen LogP contribution in [0.1, 0.15) is 18.1 Å². The molecule has 2 N–H and O–H groups in total. The Morgan fingerprint density at radius 2 is 1.86 bits per heavy atom. The number of nitrogens with two attached hydrogens (primary N) is 1. The van der Waals surface area contributed by atoms with Crippen LogP contribution in [-0.2, 0) is 16.6 Å². The minimum atomic E-state index is -3.57. The third-order valence-corrected chi connectivity index (χ3v) is 5.35. The molecule has 1 heterocycles. The molecule has 0 atom stereocenters. The Kier molecular flexibility index (Phi) is 4.59. The minimum Gasteiger partial charge on any atom is -0.399 e. The van der Waals surface area contributed by atoms with Crippen LogP contribution in [0.4, 0.5) is 5.69 Å². The van der Waals surface area contributed by atoms with E-state index < -0.39 is 10.0 Å². The number of nitrogen functional groups attached to an aromatic ring is 1. The Labute approximate surface area is 125 Å². The fourth-order valence-electron chi connectivity index (χ4n) is 2.09. The predicted octanol–water partition coefficient (Wildman–Crippen LogP) is 2.18. The molecule has 0 radical (unpaired) electrons. The standard InChI is InChI=1S/C15H19N3O2S/c1-3-18(11-13-6-8-17-9-7-13)21(19,20)15-10-14(16)5-4-12(15)2/h4-10H,3,11,16H2,1-2H3. The molecule has 5 nitrogen and oxygen atoms in total. The number of anilines is 1. The van der Waals surface area contributed by atoms with Gasteiger partial charge >= 0.3 is 0 Å². The topological polar surface area (TPSA) is 76.3 Å². The summed E-state index contributed by atoms with van der Waals surface area (Å²) in [6.45, 7) is 4.29. The van der Waals surface area contributed by atoms with Crippen molar-refractivity contribution in [2.75, 3.05) is 12.3 Å². The predicted molar refractivity (Wildman–Crippen MR) is 83.1 cm³/mol. The molecule has 21 heavy (non-hydrogen) atoms. The summed E-state index contributed by atoms with van der Waals surface area (Å²) in [7, 11) is -3.57. The molecular formula is C15H19N3O2S. The molecule has 0 saturated carbocycles. The Morgan fingerprint density at radius 1 is 1.19 bits per heavy atom. The monoisotopic (exact) mass is 305 g/mol. The molecule has 1 aromatic heterocycles. The van der Waals surface area contributed by atoms with Gasteiger partial charge in [-0.05, 0) is 42.3 Å². The van der Waals surface area contributed by atoms with Crippen LogP contribution in [0.15, 0.2) is 47.6 Å². The number of pyridine rings is 1. The maximum Gasteiger partial charge on any atom is 0.243 e. The molecule has 0 bridgehead atoms. The summed E-state index contributed by atoms with van der Waals surface area (Å²) in [4.78, 5) is 4.20. The van der Waals surface area contributed by atoms with Crippen molar-refractivity contribution in [1.82, 2.24) is 9.29 Å². The minimum absolute atomic E-state index is 0.262. The third-order valence-electron chi connectivity index (χ3n) is 3.29. The van der Waals surface area contributed by atoms with Crippen molar-refractivity contribution in [3.63, 3.8) is 0 Å². The summed E-state index contributed by atoms with van der Waals surface area (Å²) in [5.74, 6) is 0. The maximum absolute atomic E-state index is 12.8. The normalized spacial score (nSPS) is 11.8. The first-order valence-corrected chi connectivity index (χ1v) is 8.14. The van der Waals surface area contributed by atoms with Gasteiger partial charge in [0.2, 0.25) is 10.0 Å². The number of hydrogen-bond acceptors (Lipinski definition) is 4. The summed E-state index contributed by atoms with van der Waals surface area (Å²) < 4.78 is 27.0. The van der Waals surface area contributed by atoms with Crippen molar-refractivity contribution in [1.29, 1.82) is 0 Å². The van der Waals surface area contributed by atoms with Crippen molar-refractivity contribution in [3.8, 4) is 0 Å². The smallest absolute Gasteiger partial charge is 0.243 e. The van der Waals surface area contributed by atoms with Crippen LogP contribution < -0.4 is 5.73 Å². The number of nitrogens with zero attached hydrogens (tertiary/aromatic N) is 2. The zero-order chi connectivity index (χ0) is 15.5. The van der Waals surface area contributed by atoms with Crippen LogP contribution in [-0.4, -0.2) is 24.3 Å². The summed E-state index contributed by atoms with van der Waals surface area (Å²) in [6.07, 6.45) is 3.31. The van der Waals surface area contributed by atoms with E-state index in [-0.39, 0.29) is 4.90 Å². The molecule has 0 spiro atoms. The highest BCUT2D eigenvalue weighted by Crippen LogP contribution is 2.23. The van der Waals surface area contributed by atoms with Crippen molar-refractivity contribution >= 4 is 15.7 Å². The van der Waals surface area contributed by atoms with Gasteiger partial charge in [0.1, 0.15) is 0 Å². The Morgan fingerprint density at radius 3 is 2.48 bits per heavy atom. The number of benzene rings is 1. The quantitative estimate of drug-likeness (QED) is 0.859. The Hall–Kier alpha value is -1.92. The second-order valence-electron chi connectivity index (χ2n) is 4.81. The molecule has 6 heteroatoms. The molecule has 0 unspecified atom stereocenters. The van der Waals surface area contributed by atoms with Gasteiger partial charge in [0.15, 0.2) is 0 Å². The molecule has 0 saturated heterocycles. The third kappa shape index (κ3) is 3.40. The molecule has 2 aromatic rings. The fourth-order valence-corrected chi connectivity index (χ4v) is 3.79. The summed E-state index contributed by atoms with van der Waals surface area (Å²) in [5.41, 5.74) is 7.76. The second-order valence-corrected chi connectivity index (χ2v) is 6.72. The van der Waals surface area contributed by atoms with Gasteiger partial charge in [-0.3, -0.25) is 4.98 Å². The Balaban J connectivity index is 2.38. The van der Waals surface area contributed by atoms with Crippen LogP contribution in [0.25, 0.3) is 0 Å². The van der Waals surface area contributed by atoms with Gasteiger partial charge in [-0.15, -0.1) is 0 Å². The summed E-state index contributed by atoms with van der Waals surface area (Å²) in [6, 6.07) is 8.56. The first-order chi connectivity index (χ1) is 9.95. The van der Waals surface area contributed by atoms with Crippen LogP contribution >= 0.6 is 0 Å². The lowest BCUT2D eigenvalue weighted by Crippen LogP contribution is -2.31. The first kappa shape index (κ1) is 15.5. The molecule has 0 amide bonds. The molecular weight excluding hydrogens is 286 g/mol. The molecule has 0 aliphatic rings. The molecule has 0 aliphatic carbocycles. The van der Waals surface area contributed by atoms with E-state index in [1.807, 2.05) is 19.1 Å². The highest BCUT2D eigenvalue weighted by molar-refractivity contribution is 7.89. The number of rotatable bonds is 5. The van der Waals surface area contributed by atoms with Gasteiger partial charge in [-0.25, -0.2) is 8.42 Å². The first-order valence-electron chi connectivity index (χ1n) is 6.70. The van der Waals surface area contributed by atoms with E-state index in [9.17, 15) is 8.42 Å². The summed E-state index contributed by atoms with van der Waals surface area (Å²) >= 11 is 0. The zero-order valence-electron chi connectivity index (χ0n) is 12.2. The lowest BCUT2D eigenvalue weighted by atomic mass is 10.2. The fraction of sp³-hybridized carbons (Fsp3) is 0.267. The lowest BCUT2D eigenvalue weighted by molar-refractivity contribution is 0.423. The van der Waals surface area contributed by atoms with Crippen LogP contribution in [0.2, 0.25) is 0 Å². The van der Waals surface area contributed by atoms with Gasteiger partial charge in [-0.2, -0.15) is 4.31 Å². The van der Waals surface area contributed by atoms with Crippen molar-refractivity contribution < 1.29 is 8.42 Å². The van der Waals surface area contributed by atoms with Gasteiger partial charge in [0.25, 0.3) is 0 Å². The largest absolute Gasteiger partial charge is 0.399 e. The highest BCUT2D eigenvalue weighted by Gasteiger charge is 2.25. The zero-order valence-corrected chi connectivity index (χ0v) is 13.0. The van der Waals surface area contributed by atoms with E-state index in [1.165, 1.54) is 10.4 Å². The van der Waals surface area contributed by atoms with Crippen LogP contribution in [0, 0.1) is 6.92 Å². The van der Waals surface area contributed by atoms with Gasteiger partial charge in [0, 0.05) is 31.2 Å². The highest BCUT2D eigenvalue weighted by atomic mass is 32.2. The van der Waals surface area contributed by atoms with E-state index in [4.69, 9.17) is 5.73 Å². The average Bonchev–Trinajstić information content (AvgIpc) is 2.48. The van der Waals surface area contributed by atoms with E-state index in [0.717, 1.165) is 5.56 Å². The van der Waals surface area contributed by atoms with E-state index in [2.05, 4.69) is 4.98 Å². The van der Waals surface area contributed by atoms with Crippen molar-refractivity contribution in [2.24, 2.45) is 0 Å². The number of aromatic nitrogens is 1. The van der Waals surface area contributed by atoms with Gasteiger partial charge < -0.3 is 5.73 Å². The second kappa shape index (κ2) is 6.24. The van der Waals surface area contributed by atoms with E-state index in [1.54, 1.807) is 31.5 Å².